The van der Waals surface area contributed by atoms with Crippen LogP contribution in [-0.2, 0) is 52.1 Å². The number of fused-ring (bicyclic) bond motifs is 3. The van der Waals surface area contributed by atoms with Crippen LogP contribution in [0.25, 0.3) is 0 Å². The summed E-state index contributed by atoms with van der Waals surface area (Å²) in [6, 6.07) is -1.13. The molecule has 1 saturated carbocycles. The molecule has 1 amide bonds. The fourth-order valence-electron chi connectivity index (χ4n) is 10.6. The first kappa shape index (κ1) is 59.4. The zero-order valence-electron chi connectivity index (χ0n) is 44.8. The third-order valence-electron chi connectivity index (χ3n) is 15.3. The smallest absolute Gasteiger partial charge is 0.329 e. The van der Waals surface area contributed by atoms with Crippen molar-refractivity contribution in [2.45, 2.75) is 206 Å². The maximum atomic E-state index is 14.5. The van der Waals surface area contributed by atoms with Crippen molar-refractivity contribution < 1.29 is 62.3 Å². The van der Waals surface area contributed by atoms with Gasteiger partial charge in [0.05, 0.1) is 30.5 Å². The number of esters is 1. The van der Waals surface area contributed by atoms with Gasteiger partial charge in [0.25, 0.3) is 11.7 Å². The van der Waals surface area contributed by atoms with Gasteiger partial charge in [0.1, 0.15) is 24.0 Å². The molecule has 14 nitrogen and oxygen atoms in total. The van der Waals surface area contributed by atoms with Crippen LogP contribution < -0.4 is 0 Å². The van der Waals surface area contributed by atoms with Crippen LogP contribution in [0.2, 0.25) is 19.6 Å². The number of carbonyl (C=O) groups is 5. The van der Waals surface area contributed by atoms with Crippen molar-refractivity contribution in [3.8, 4) is 0 Å². The molecule has 0 aromatic heterocycles. The molecule has 3 heterocycles. The summed E-state index contributed by atoms with van der Waals surface area (Å²) in [7, 11) is 2.42. The van der Waals surface area contributed by atoms with Crippen LogP contribution in [0, 0.1) is 35.5 Å². The van der Waals surface area contributed by atoms with Crippen molar-refractivity contribution in [2.24, 2.45) is 35.5 Å². The number of amides is 1. The van der Waals surface area contributed by atoms with E-state index in [1.807, 2.05) is 77.7 Å². The monoisotopic (exact) mass is 1000 g/mol. The highest BCUT2D eigenvalue weighted by atomic mass is 28.4. The van der Waals surface area contributed by atoms with Crippen molar-refractivity contribution >= 4 is 37.5 Å². The molecule has 2 saturated heterocycles. The third kappa shape index (κ3) is 16.4. The summed E-state index contributed by atoms with van der Waals surface area (Å²) in [5.41, 5.74) is 1.60. The molecule has 3 fully saturated rings. The topological polar surface area (TPSA) is 184 Å². The van der Waals surface area contributed by atoms with E-state index in [0.717, 1.165) is 18.4 Å². The first-order valence-electron chi connectivity index (χ1n) is 26.1. The van der Waals surface area contributed by atoms with Gasteiger partial charge in [0.2, 0.25) is 5.79 Å². The molecule has 0 aromatic carbocycles. The first-order valence-corrected chi connectivity index (χ1v) is 29.5. The quantitative estimate of drug-likeness (QED) is 0.102. The lowest BCUT2D eigenvalue weighted by Gasteiger charge is -2.42. The molecule has 4 aliphatic rings. The Bertz CT molecular complexity index is 1890. The minimum atomic E-state index is -2.42. The van der Waals surface area contributed by atoms with Crippen LogP contribution in [0.4, 0.5) is 0 Å². The maximum absolute atomic E-state index is 14.5. The number of rotatable bonds is 8. The van der Waals surface area contributed by atoms with E-state index in [9.17, 15) is 34.2 Å². The molecule has 396 valence electrons. The standard InChI is InChI=1S/C55H89NO13Si/c1-34-19-15-14-16-20-35(2)46(64-8)32-42-26-24-40(7)55(63,68-42)52(60)53(61)56-28-18-17-21-43(56)54(62)67-47(38(5)30-41-25-27-44(57)48(31-41)65-9)33-45(58)37(4)29-39(6)50(69-70(11,12)13)51(66-10)49(59)36(3)23-22-34/h14-16,19-20,29,34,36-38,40-44,46-48,50-51,57,63H,17-18,21-28,30-33H2,1-13H3/b16-14+,19-15+,35-20?,39-29+/t34-,36-,37-,38-,40-,41+,42+,43+,44-,46+,47+,48-,50-,51+,55-/m1/s1. The van der Waals surface area contributed by atoms with Crippen LogP contribution >= 0.6 is 0 Å². The molecule has 0 radical (unpaired) electrons. The Hall–Kier alpha value is -3.15. The molecule has 0 aromatic rings. The molecule has 3 aliphatic heterocycles. The second-order valence-corrected chi connectivity index (χ2v) is 26.6. The maximum Gasteiger partial charge on any atom is 0.329 e. The number of ketones is 3. The average molecular weight is 1000 g/mol. The molecule has 0 unspecified atom stereocenters. The number of piperidine rings is 1. The Balaban J connectivity index is 1.75. The molecule has 0 spiro atoms. The Morgan fingerprint density at radius 1 is 0.829 bits per heavy atom. The number of hydrogen-bond donors (Lipinski definition) is 2. The van der Waals surface area contributed by atoms with Crippen LogP contribution in [0.1, 0.15) is 132 Å². The molecule has 15 heteroatoms. The summed E-state index contributed by atoms with van der Waals surface area (Å²) in [6.07, 6.45) is 13.7. The molecule has 4 rings (SSSR count). The van der Waals surface area contributed by atoms with Crippen molar-refractivity contribution in [3.05, 3.63) is 47.6 Å². The first-order chi connectivity index (χ1) is 32.9. The molecule has 1 aliphatic carbocycles. The molecule has 2 bridgehead atoms. The van der Waals surface area contributed by atoms with Gasteiger partial charge in [-0.3, -0.25) is 19.2 Å². The van der Waals surface area contributed by atoms with Gasteiger partial charge in [0, 0.05) is 58.5 Å². The van der Waals surface area contributed by atoms with E-state index < -0.39 is 86.3 Å². The zero-order chi connectivity index (χ0) is 52.1. The van der Waals surface area contributed by atoms with E-state index in [1.54, 1.807) is 28.1 Å². The van der Waals surface area contributed by atoms with Gasteiger partial charge in [-0.1, -0.05) is 71.1 Å². The normalized spacial score (nSPS) is 38.1. The number of nitrogens with zero attached hydrogens (tertiary/aromatic N) is 1. The van der Waals surface area contributed by atoms with Crippen LogP contribution in [-0.4, -0.2) is 135 Å². The van der Waals surface area contributed by atoms with Gasteiger partial charge in [-0.25, -0.2) is 4.79 Å². The number of aliphatic hydroxyl groups is 2. The number of Topliss-reactive ketones (excluding diaryl/α,β-unsaturated/α-hetero) is 3. The highest BCUT2D eigenvalue weighted by Gasteiger charge is 2.53. The number of hydrogen-bond acceptors (Lipinski definition) is 13. The number of aliphatic hydroxyl groups excluding tert-OH is 1. The fourth-order valence-corrected chi connectivity index (χ4v) is 11.7. The van der Waals surface area contributed by atoms with E-state index in [1.165, 1.54) is 12.0 Å². The van der Waals surface area contributed by atoms with Crippen molar-refractivity contribution in [1.29, 1.82) is 0 Å². The summed E-state index contributed by atoms with van der Waals surface area (Å²) in [5, 5.41) is 22.6. The van der Waals surface area contributed by atoms with Gasteiger partial charge >= 0.3 is 5.97 Å². The summed E-state index contributed by atoms with van der Waals surface area (Å²) >= 11 is 0. The number of cyclic esters (lactones) is 1. The van der Waals surface area contributed by atoms with Gasteiger partial charge < -0.3 is 43.2 Å². The van der Waals surface area contributed by atoms with Gasteiger partial charge in [-0.05, 0) is 133 Å². The molecule has 15 atom stereocenters. The Kier molecular flexibility index (Phi) is 23.1. The number of allylic oxidation sites excluding steroid dienone is 6. The fraction of sp³-hybridized carbons (Fsp3) is 0.764. The SMILES string of the molecule is CO[C@H]1C[C@@H]2CC[C@@H](C)[C@@](O)(O2)C(=O)C(=O)N2CCCC[C@H]2C(=O)O[C@H]([C@H](C)C[C@@H]2CC[C@@H](O)[C@H](OC)C2)CC(=O)[C@H](C)/C=C(\C)[C@@H](O[Si](C)(C)C)[C@@H](OC)C(=O)[C@H](C)CC[C@H](C)/C=C/C=C/C=C1C. The minimum absolute atomic E-state index is 0.0666. The van der Waals surface area contributed by atoms with Crippen LogP contribution in [0.15, 0.2) is 47.6 Å². The lowest BCUT2D eigenvalue weighted by atomic mass is 9.78. The van der Waals surface area contributed by atoms with Gasteiger partial charge in [-0.15, -0.1) is 0 Å². The van der Waals surface area contributed by atoms with Crippen LogP contribution in [0.5, 0.6) is 0 Å². The van der Waals surface area contributed by atoms with Gasteiger partial charge in [-0.2, -0.15) is 0 Å². The Labute approximate surface area is 420 Å². The largest absolute Gasteiger partial charge is 0.460 e. The number of carbonyl (C=O) groups excluding carboxylic acids is 5. The molecule has 70 heavy (non-hydrogen) atoms. The molecular weight excluding hydrogens is 911 g/mol. The summed E-state index contributed by atoms with van der Waals surface area (Å²) in [6.45, 7) is 19.5. The Morgan fingerprint density at radius 3 is 2.20 bits per heavy atom. The number of methoxy groups -OCH3 is 3. The predicted octanol–water partition coefficient (Wildman–Crippen LogP) is 8.43. The lowest BCUT2D eigenvalue weighted by molar-refractivity contribution is -0.265. The van der Waals surface area contributed by atoms with E-state index >= 15 is 0 Å². The van der Waals surface area contributed by atoms with Crippen LogP contribution in [0.3, 0.4) is 0 Å². The van der Waals surface area contributed by atoms with E-state index in [-0.39, 0.29) is 60.7 Å². The highest BCUT2D eigenvalue weighted by molar-refractivity contribution is 6.69. The van der Waals surface area contributed by atoms with Gasteiger partial charge in [0.15, 0.2) is 14.1 Å². The minimum Gasteiger partial charge on any atom is -0.460 e. The number of ether oxygens (including phenoxy) is 5. The molecule has 2 N–H and O–H groups in total. The zero-order valence-corrected chi connectivity index (χ0v) is 45.8. The van der Waals surface area contributed by atoms with Crippen molar-refractivity contribution in [3.63, 3.8) is 0 Å². The van der Waals surface area contributed by atoms with E-state index in [0.29, 0.717) is 63.4 Å². The summed E-state index contributed by atoms with van der Waals surface area (Å²) in [4.78, 5) is 73.1. The average Bonchev–Trinajstić information content (AvgIpc) is 3.32. The Morgan fingerprint density at radius 2 is 1.54 bits per heavy atom. The second-order valence-electron chi connectivity index (χ2n) is 22.1. The highest BCUT2D eigenvalue weighted by Crippen LogP contribution is 2.38. The van der Waals surface area contributed by atoms with E-state index in [2.05, 4.69) is 13.0 Å². The lowest BCUT2D eigenvalue weighted by Crippen LogP contribution is -2.61. The van der Waals surface area contributed by atoms with E-state index in [4.69, 9.17) is 28.1 Å². The second kappa shape index (κ2) is 27.2. The summed E-state index contributed by atoms with van der Waals surface area (Å²) in [5.74, 6) is -7.22. The summed E-state index contributed by atoms with van der Waals surface area (Å²) < 4.78 is 36.7. The van der Waals surface area contributed by atoms with Crippen molar-refractivity contribution in [1.82, 2.24) is 4.90 Å². The predicted molar refractivity (Wildman–Crippen MR) is 272 cm³/mol. The third-order valence-corrected chi connectivity index (χ3v) is 16.2. The molecular formula is C55H89NO13Si. The van der Waals surface area contributed by atoms with Crippen molar-refractivity contribution in [2.75, 3.05) is 27.9 Å².